The van der Waals surface area contributed by atoms with E-state index < -0.39 is 18.2 Å². The molecule has 2 atom stereocenters. The lowest BCUT2D eigenvalue weighted by atomic mass is 9.90. The van der Waals surface area contributed by atoms with Gasteiger partial charge in [0.1, 0.15) is 5.82 Å². The van der Waals surface area contributed by atoms with E-state index >= 15 is 0 Å². The van der Waals surface area contributed by atoms with Crippen LogP contribution in [0.2, 0.25) is 0 Å². The average Bonchev–Trinajstić information content (AvgIpc) is 2.76. The summed E-state index contributed by atoms with van der Waals surface area (Å²) in [6.45, 7) is 5.52. The molecule has 2 amide bonds. The molecule has 7 heteroatoms. The number of amides is 2. The number of β-amino-alcohol motifs (C(OH)–C–C–N with tert-alkyl or cyclic N) is 1. The third-order valence-corrected chi connectivity index (χ3v) is 6.05. The van der Waals surface area contributed by atoms with E-state index in [2.05, 4.69) is 15.5 Å². The second-order valence-electron chi connectivity index (χ2n) is 8.67. The minimum absolute atomic E-state index is 0.0701. The SMILES string of the molecule is CC(=O)c1cccc(NC(=O)NC(C)C(O)CN2CCC(Cc3ccc(F)cc3)CC2)c1. The summed E-state index contributed by atoms with van der Waals surface area (Å²) in [7, 11) is 0. The molecule has 1 fully saturated rings. The Labute approximate surface area is 188 Å². The Morgan fingerprint density at radius 3 is 2.50 bits per heavy atom. The fraction of sp³-hybridized carbons (Fsp3) is 0.440. The number of rotatable bonds is 8. The second-order valence-corrected chi connectivity index (χ2v) is 8.67. The zero-order valence-corrected chi connectivity index (χ0v) is 18.7. The standard InChI is InChI=1S/C25H32FN3O3/c1-17(27-25(32)28-23-5-3-4-21(15-23)18(2)30)24(31)16-29-12-10-20(11-13-29)14-19-6-8-22(26)9-7-19/h3-9,15,17,20,24,31H,10-14,16H2,1-2H3,(H2,27,28,32). The molecule has 172 valence electrons. The molecule has 1 aliphatic heterocycles. The van der Waals surface area contributed by atoms with Crippen LogP contribution in [0, 0.1) is 11.7 Å². The van der Waals surface area contributed by atoms with Gasteiger partial charge in [0.15, 0.2) is 5.78 Å². The monoisotopic (exact) mass is 441 g/mol. The highest BCUT2D eigenvalue weighted by Crippen LogP contribution is 2.22. The molecule has 0 aromatic heterocycles. The van der Waals surface area contributed by atoms with Gasteiger partial charge in [0, 0.05) is 17.8 Å². The maximum atomic E-state index is 13.1. The van der Waals surface area contributed by atoms with Crippen molar-refractivity contribution in [1.82, 2.24) is 10.2 Å². The van der Waals surface area contributed by atoms with E-state index in [0.717, 1.165) is 37.9 Å². The summed E-state index contributed by atoms with van der Waals surface area (Å²) in [5.41, 5.74) is 2.21. The Morgan fingerprint density at radius 1 is 1.16 bits per heavy atom. The van der Waals surface area contributed by atoms with Crippen LogP contribution in [0.5, 0.6) is 0 Å². The first-order valence-corrected chi connectivity index (χ1v) is 11.1. The first-order valence-electron chi connectivity index (χ1n) is 11.1. The predicted molar refractivity (Wildman–Crippen MR) is 123 cm³/mol. The summed E-state index contributed by atoms with van der Waals surface area (Å²) in [6.07, 6.45) is 2.30. The number of carbonyl (C=O) groups is 2. The molecule has 1 heterocycles. The van der Waals surface area contributed by atoms with Crippen LogP contribution in [-0.2, 0) is 6.42 Å². The Bertz CT molecular complexity index is 911. The third-order valence-electron chi connectivity index (χ3n) is 6.05. The number of hydrogen-bond acceptors (Lipinski definition) is 4. The van der Waals surface area contributed by atoms with Crippen LogP contribution in [0.25, 0.3) is 0 Å². The number of Topliss-reactive ketones (excluding diaryl/α,β-unsaturated/α-hetero) is 1. The number of anilines is 1. The summed E-state index contributed by atoms with van der Waals surface area (Å²) < 4.78 is 13.1. The molecule has 2 aromatic carbocycles. The molecule has 2 unspecified atom stereocenters. The van der Waals surface area contributed by atoms with Crippen molar-refractivity contribution in [3.63, 3.8) is 0 Å². The van der Waals surface area contributed by atoms with Gasteiger partial charge in [-0.1, -0.05) is 24.3 Å². The molecule has 1 saturated heterocycles. The van der Waals surface area contributed by atoms with Gasteiger partial charge in [-0.3, -0.25) is 4.79 Å². The Hall–Kier alpha value is -2.77. The number of carbonyl (C=O) groups excluding carboxylic acids is 2. The van der Waals surface area contributed by atoms with Gasteiger partial charge in [-0.05, 0) is 81.9 Å². The molecule has 0 spiro atoms. The Balaban J connectivity index is 1.40. The number of likely N-dealkylation sites (tertiary alicyclic amines) is 1. The van der Waals surface area contributed by atoms with Gasteiger partial charge in [-0.2, -0.15) is 0 Å². The fourth-order valence-electron chi connectivity index (χ4n) is 4.04. The minimum Gasteiger partial charge on any atom is -0.390 e. The van der Waals surface area contributed by atoms with E-state index in [0.29, 0.717) is 23.7 Å². The number of ketones is 1. The van der Waals surface area contributed by atoms with E-state index in [1.165, 1.54) is 19.1 Å². The van der Waals surface area contributed by atoms with Crippen molar-refractivity contribution in [3.05, 3.63) is 65.5 Å². The number of aliphatic hydroxyl groups is 1. The zero-order valence-electron chi connectivity index (χ0n) is 18.7. The van der Waals surface area contributed by atoms with Crippen LogP contribution < -0.4 is 10.6 Å². The Morgan fingerprint density at radius 2 is 1.84 bits per heavy atom. The topological polar surface area (TPSA) is 81.7 Å². The van der Waals surface area contributed by atoms with Crippen LogP contribution in [0.15, 0.2) is 48.5 Å². The molecule has 6 nitrogen and oxygen atoms in total. The summed E-state index contributed by atoms with van der Waals surface area (Å²) >= 11 is 0. The zero-order chi connectivity index (χ0) is 23.1. The maximum Gasteiger partial charge on any atom is 0.319 e. The van der Waals surface area contributed by atoms with Crippen molar-refractivity contribution in [2.45, 2.75) is 45.3 Å². The lowest BCUT2D eigenvalue weighted by Crippen LogP contribution is -2.49. The molecule has 32 heavy (non-hydrogen) atoms. The normalized spacial score (nSPS) is 16.9. The van der Waals surface area contributed by atoms with Crippen molar-refractivity contribution in [1.29, 1.82) is 0 Å². The average molecular weight is 442 g/mol. The van der Waals surface area contributed by atoms with Crippen LogP contribution in [0.1, 0.15) is 42.6 Å². The van der Waals surface area contributed by atoms with Crippen LogP contribution in [0.4, 0.5) is 14.9 Å². The predicted octanol–water partition coefficient (Wildman–Crippen LogP) is 3.85. The smallest absolute Gasteiger partial charge is 0.319 e. The van der Waals surface area contributed by atoms with E-state index in [-0.39, 0.29) is 11.6 Å². The van der Waals surface area contributed by atoms with E-state index in [4.69, 9.17) is 0 Å². The molecule has 0 aliphatic carbocycles. The highest BCUT2D eigenvalue weighted by atomic mass is 19.1. The number of aliphatic hydroxyl groups excluding tert-OH is 1. The highest BCUT2D eigenvalue weighted by Gasteiger charge is 2.24. The van der Waals surface area contributed by atoms with Crippen LogP contribution >= 0.6 is 0 Å². The first-order chi connectivity index (χ1) is 15.3. The summed E-state index contributed by atoms with van der Waals surface area (Å²) in [6, 6.07) is 12.6. The lowest BCUT2D eigenvalue weighted by Gasteiger charge is -2.34. The molecule has 0 bridgehead atoms. The van der Waals surface area contributed by atoms with Gasteiger partial charge in [0.25, 0.3) is 0 Å². The van der Waals surface area contributed by atoms with Crippen LogP contribution in [0.3, 0.4) is 0 Å². The fourth-order valence-corrected chi connectivity index (χ4v) is 4.04. The van der Waals surface area contributed by atoms with Gasteiger partial charge < -0.3 is 20.6 Å². The van der Waals surface area contributed by atoms with Crippen molar-refractivity contribution in [3.8, 4) is 0 Å². The second kappa shape index (κ2) is 11.2. The summed E-state index contributed by atoms with van der Waals surface area (Å²) in [4.78, 5) is 26.0. The van der Waals surface area contributed by atoms with E-state index in [9.17, 15) is 19.1 Å². The molecule has 3 rings (SSSR count). The molecule has 2 aromatic rings. The maximum absolute atomic E-state index is 13.1. The van der Waals surface area contributed by atoms with Crippen LogP contribution in [-0.4, -0.2) is 53.6 Å². The van der Waals surface area contributed by atoms with E-state index in [1.807, 2.05) is 12.1 Å². The molecular formula is C25H32FN3O3. The Kier molecular flexibility index (Phi) is 8.36. The number of piperidine rings is 1. The number of nitrogens with zero attached hydrogens (tertiary/aromatic N) is 1. The van der Waals surface area contributed by atoms with E-state index in [1.54, 1.807) is 31.2 Å². The number of benzene rings is 2. The quantitative estimate of drug-likeness (QED) is 0.544. The van der Waals surface area contributed by atoms with Gasteiger partial charge in [-0.25, -0.2) is 9.18 Å². The van der Waals surface area contributed by atoms with Gasteiger partial charge in [0.05, 0.1) is 12.1 Å². The minimum atomic E-state index is -0.696. The van der Waals surface area contributed by atoms with Crippen molar-refractivity contribution < 1.29 is 19.1 Å². The molecule has 0 saturated carbocycles. The summed E-state index contributed by atoms with van der Waals surface area (Å²) in [5.74, 6) is 0.277. The summed E-state index contributed by atoms with van der Waals surface area (Å²) in [5, 5.41) is 16.0. The number of nitrogens with one attached hydrogen (secondary N) is 2. The largest absolute Gasteiger partial charge is 0.390 e. The van der Waals surface area contributed by atoms with Gasteiger partial charge in [0.2, 0.25) is 0 Å². The highest BCUT2D eigenvalue weighted by molar-refractivity contribution is 5.96. The first kappa shape index (κ1) is 23.9. The molecular weight excluding hydrogens is 409 g/mol. The molecule has 1 aliphatic rings. The van der Waals surface area contributed by atoms with Crippen molar-refractivity contribution >= 4 is 17.5 Å². The number of hydrogen-bond donors (Lipinski definition) is 3. The van der Waals surface area contributed by atoms with Gasteiger partial charge >= 0.3 is 6.03 Å². The van der Waals surface area contributed by atoms with Crippen molar-refractivity contribution in [2.24, 2.45) is 5.92 Å². The lowest BCUT2D eigenvalue weighted by molar-refractivity contribution is 0.0701. The third kappa shape index (κ3) is 7.14. The van der Waals surface area contributed by atoms with Gasteiger partial charge in [-0.15, -0.1) is 0 Å². The number of urea groups is 1. The van der Waals surface area contributed by atoms with Crippen molar-refractivity contribution in [2.75, 3.05) is 25.0 Å². The molecule has 0 radical (unpaired) electrons. The molecule has 3 N–H and O–H groups in total. The number of halogens is 1.